The van der Waals surface area contributed by atoms with Gasteiger partial charge in [-0.05, 0) is 48.7 Å². The predicted molar refractivity (Wildman–Crippen MR) is 120 cm³/mol. The molecule has 1 aromatic heterocycles. The molecular formula is C23H21F4N5O3. The molecule has 0 spiro atoms. The van der Waals surface area contributed by atoms with Crippen LogP contribution in [0.2, 0.25) is 0 Å². The van der Waals surface area contributed by atoms with Gasteiger partial charge in [0.15, 0.2) is 0 Å². The van der Waals surface area contributed by atoms with Crippen LogP contribution in [0.3, 0.4) is 0 Å². The molecule has 0 saturated heterocycles. The highest BCUT2D eigenvalue weighted by molar-refractivity contribution is 5.90. The van der Waals surface area contributed by atoms with Gasteiger partial charge in [0, 0.05) is 30.0 Å². The summed E-state index contributed by atoms with van der Waals surface area (Å²) in [5.74, 6) is -2.84. The van der Waals surface area contributed by atoms with Crippen molar-refractivity contribution in [1.82, 2.24) is 14.9 Å². The van der Waals surface area contributed by atoms with Crippen molar-refractivity contribution in [2.24, 2.45) is 0 Å². The maximum atomic E-state index is 13.4. The molecule has 184 valence electrons. The van der Waals surface area contributed by atoms with E-state index in [9.17, 15) is 22.4 Å². The molecule has 8 nitrogen and oxygen atoms in total. The molecule has 2 aromatic carbocycles. The molecule has 0 bridgehead atoms. The summed E-state index contributed by atoms with van der Waals surface area (Å²) in [6.07, 6.45) is -1.54. The Kier molecular flexibility index (Phi) is 7.84. The normalized spacial score (nSPS) is 12.8. The Hall–Kier alpha value is -4.22. The van der Waals surface area contributed by atoms with Gasteiger partial charge in [0.05, 0.1) is 5.69 Å². The van der Waals surface area contributed by atoms with Gasteiger partial charge in [0.1, 0.15) is 5.82 Å². The Balaban J connectivity index is 0.000000429. The third kappa shape index (κ3) is 7.66. The van der Waals surface area contributed by atoms with E-state index >= 15 is 0 Å². The van der Waals surface area contributed by atoms with E-state index in [4.69, 9.17) is 15.6 Å². The number of amides is 2. The van der Waals surface area contributed by atoms with Crippen LogP contribution in [0, 0.1) is 5.82 Å². The lowest BCUT2D eigenvalue weighted by Crippen LogP contribution is -2.36. The van der Waals surface area contributed by atoms with Crippen molar-refractivity contribution in [2.75, 3.05) is 11.1 Å². The van der Waals surface area contributed by atoms with Crippen molar-refractivity contribution in [3.8, 4) is 11.3 Å². The predicted octanol–water partition coefficient (Wildman–Crippen LogP) is 4.69. The van der Waals surface area contributed by atoms with Gasteiger partial charge in [-0.1, -0.05) is 24.3 Å². The summed E-state index contributed by atoms with van der Waals surface area (Å²) < 4.78 is 45.2. The molecule has 4 N–H and O–H groups in total. The zero-order chi connectivity index (χ0) is 25.6. The number of hydrogen-bond acceptors (Lipinski definition) is 5. The largest absolute Gasteiger partial charge is 0.490 e. The number of aromatic nitrogens is 2. The molecule has 35 heavy (non-hydrogen) atoms. The highest BCUT2D eigenvalue weighted by Crippen LogP contribution is 2.29. The summed E-state index contributed by atoms with van der Waals surface area (Å²) in [7, 11) is 0. The summed E-state index contributed by atoms with van der Waals surface area (Å²) in [6.45, 7) is 0.382. The number of aliphatic carboxylic acids is 1. The van der Waals surface area contributed by atoms with Crippen LogP contribution in [0.4, 0.5) is 34.0 Å². The first-order valence-electron chi connectivity index (χ1n) is 10.3. The molecular weight excluding hydrogens is 470 g/mol. The van der Waals surface area contributed by atoms with Crippen molar-refractivity contribution in [2.45, 2.75) is 31.6 Å². The van der Waals surface area contributed by atoms with E-state index in [-0.39, 0.29) is 23.8 Å². The van der Waals surface area contributed by atoms with Gasteiger partial charge in [0.2, 0.25) is 5.95 Å². The Morgan fingerprint density at radius 3 is 2.31 bits per heavy atom. The van der Waals surface area contributed by atoms with Crippen LogP contribution in [0.15, 0.2) is 60.8 Å². The van der Waals surface area contributed by atoms with Crippen LogP contribution in [-0.2, 0) is 11.3 Å². The van der Waals surface area contributed by atoms with Crippen molar-refractivity contribution < 1.29 is 32.3 Å². The molecule has 0 atom stereocenters. The Morgan fingerprint density at radius 1 is 1.11 bits per heavy atom. The van der Waals surface area contributed by atoms with E-state index in [1.54, 1.807) is 23.2 Å². The Labute approximate surface area is 197 Å². The van der Waals surface area contributed by atoms with Crippen molar-refractivity contribution >= 4 is 23.6 Å². The molecule has 12 heteroatoms. The number of urea groups is 1. The van der Waals surface area contributed by atoms with Gasteiger partial charge in [-0.25, -0.2) is 23.9 Å². The quantitative estimate of drug-likeness (QED) is 0.445. The second-order valence-electron chi connectivity index (χ2n) is 7.60. The maximum Gasteiger partial charge on any atom is 0.490 e. The molecule has 0 radical (unpaired) electrons. The van der Waals surface area contributed by atoms with E-state index in [0.717, 1.165) is 29.7 Å². The number of hydrogen-bond donors (Lipinski definition) is 3. The molecule has 1 heterocycles. The number of alkyl halides is 3. The number of nitrogens with one attached hydrogen (secondary N) is 1. The first kappa shape index (κ1) is 25.4. The van der Waals surface area contributed by atoms with E-state index in [2.05, 4.69) is 15.3 Å². The summed E-state index contributed by atoms with van der Waals surface area (Å²) in [5.41, 5.74) is 8.68. The number of rotatable bonds is 5. The number of benzene rings is 2. The number of anilines is 2. The van der Waals surface area contributed by atoms with E-state index in [1.807, 2.05) is 30.3 Å². The highest BCUT2D eigenvalue weighted by atomic mass is 19.4. The van der Waals surface area contributed by atoms with Crippen LogP contribution >= 0.6 is 0 Å². The molecule has 1 fully saturated rings. The van der Waals surface area contributed by atoms with Gasteiger partial charge >= 0.3 is 18.2 Å². The smallest absolute Gasteiger partial charge is 0.475 e. The minimum Gasteiger partial charge on any atom is -0.475 e. The number of nitrogen functional groups attached to an aromatic ring is 1. The number of nitrogens with zero attached hydrogens (tertiary/aromatic N) is 3. The molecule has 3 aromatic rings. The van der Waals surface area contributed by atoms with Gasteiger partial charge in [-0.2, -0.15) is 13.2 Å². The standard InChI is InChI=1S/C21H20FN5O.C2HF3O2/c22-16-3-1-2-14(12-16)13-27(18-8-9-18)21(28)25-17-6-4-15(5-7-17)19-10-11-24-20(23)26-19;3-2(4,5)1(6)7/h1-7,10-12,18H,8-9,13H2,(H,25,28)(H2,23,24,26);(H,6,7). The fourth-order valence-corrected chi connectivity index (χ4v) is 3.04. The average Bonchev–Trinajstić information content (AvgIpc) is 3.63. The van der Waals surface area contributed by atoms with Crippen LogP contribution < -0.4 is 11.1 Å². The fourth-order valence-electron chi connectivity index (χ4n) is 3.04. The van der Waals surface area contributed by atoms with Gasteiger partial charge in [-0.3, -0.25) is 0 Å². The highest BCUT2D eigenvalue weighted by Gasteiger charge is 2.38. The second kappa shape index (κ2) is 10.8. The number of carboxylic acids is 1. The van der Waals surface area contributed by atoms with Gasteiger partial charge in [-0.15, -0.1) is 0 Å². The average molecular weight is 491 g/mol. The minimum absolute atomic E-state index is 0.189. The van der Waals surface area contributed by atoms with E-state index < -0.39 is 12.1 Å². The first-order valence-corrected chi connectivity index (χ1v) is 10.3. The zero-order valence-corrected chi connectivity index (χ0v) is 18.2. The topological polar surface area (TPSA) is 121 Å². The lowest BCUT2D eigenvalue weighted by Gasteiger charge is -2.23. The van der Waals surface area contributed by atoms with Crippen LogP contribution in [0.1, 0.15) is 18.4 Å². The molecule has 1 saturated carbocycles. The lowest BCUT2D eigenvalue weighted by molar-refractivity contribution is -0.192. The zero-order valence-electron chi connectivity index (χ0n) is 18.2. The van der Waals surface area contributed by atoms with Crippen molar-refractivity contribution in [3.63, 3.8) is 0 Å². The maximum absolute atomic E-state index is 13.4. The van der Waals surface area contributed by atoms with E-state index in [1.165, 1.54) is 12.1 Å². The summed E-state index contributed by atoms with van der Waals surface area (Å²) in [6, 6.07) is 15.5. The third-order valence-electron chi connectivity index (χ3n) is 4.84. The fraction of sp³-hybridized carbons (Fsp3) is 0.217. The molecule has 1 aliphatic carbocycles. The molecule has 0 aliphatic heterocycles. The molecule has 2 amide bonds. The lowest BCUT2D eigenvalue weighted by atomic mass is 10.1. The minimum atomic E-state index is -5.08. The Bertz CT molecular complexity index is 1180. The first-order chi connectivity index (χ1) is 16.5. The summed E-state index contributed by atoms with van der Waals surface area (Å²) >= 11 is 0. The SMILES string of the molecule is Nc1nccc(-c2ccc(NC(=O)N(Cc3cccc(F)c3)C3CC3)cc2)n1.O=C(O)C(F)(F)F. The van der Waals surface area contributed by atoms with Gasteiger partial charge in [0.25, 0.3) is 0 Å². The number of carboxylic acid groups (broad SMARTS) is 1. The van der Waals surface area contributed by atoms with Crippen molar-refractivity contribution in [1.29, 1.82) is 0 Å². The second-order valence-corrected chi connectivity index (χ2v) is 7.60. The summed E-state index contributed by atoms with van der Waals surface area (Å²) in [4.78, 5) is 31.5. The molecule has 0 unspecified atom stereocenters. The number of nitrogens with two attached hydrogens (primary N) is 1. The van der Waals surface area contributed by atoms with Crippen LogP contribution in [0.5, 0.6) is 0 Å². The molecule has 4 rings (SSSR count). The number of halogens is 4. The Morgan fingerprint density at radius 2 is 1.77 bits per heavy atom. The number of carbonyl (C=O) groups excluding carboxylic acids is 1. The summed E-state index contributed by atoms with van der Waals surface area (Å²) in [5, 5.41) is 10.0. The monoisotopic (exact) mass is 491 g/mol. The van der Waals surface area contributed by atoms with Crippen LogP contribution in [-0.4, -0.2) is 44.2 Å². The van der Waals surface area contributed by atoms with Crippen LogP contribution in [0.25, 0.3) is 11.3 Å². The molecule has 1 aliphatic rings. The number of carbonyl (C=O) groups is 2. The van der Waals surface area contributed by atoms with Gasteiger partial charge < -0.3 is 21.1 Å². The van der Waals surface area contributed by atoms with Crippen molar-refractivity contribution in [3.05, 3.63) is 72.2 Å². The third-order valence-corrected chi connectivity index (χ3v) is 4.84. The van der Waals surface area contributed by atoms with E-state index in [0.29, 0.717) is 12.2 Å².